The van der Waals surface area contributed by atoms with Gasteiger partial charge in [0, 0.05) is 0 Å². The SMILES string of the molecule is CC1(OC(=O)C2C3CC4C(OC(=O)C42)C3OC(=O)C(C)(I)C23[B]I2N3)CCCCC1. The Hall–Kier alpha value is -0.105. The molecule has 7 nitrogen and oxygen atoms in total. The van der Waals surface area contributed by atoms with Crippen LogP contribution in [0.25, 0.3) is 0 Å². The molecule has 6 fully saturated rings. The van der Waals surface area contributed by atoms with E-state index in [9.17, 15) is 14.4 Å². The van der Waals surface area contributed by atoms with Gasteiger partial charge in [-0.25, -0.2) is 0 Å². The Morgan fingerprint density at radius 1 is 1.30 bits per heavy atom. The Bertz CT molecular complexity index is 839. The van der Waals surface area contributed by atoms with Crippen LogP contribution in [0.3, 0.4) is 0 Å². The number of halogens is 2. The maximum absolute atomic E-state index is 13.3. The number of ether oxygens (including phenoxy) is 3. The van der Waals surface area contributed by atoms with E-state index >= 15 is 0 Å². The predicted molar refractivity (Wildman–Crippen MR) is 124 cm³/mol. The molecule has 1 radical (unpaired) electrons. The molecule has 8 atom stereocenters. The maximum atomic E-state index is 13.3. The number of esters is 3. The molecule has 2 bridgehead atoms. The van der Waals surface area contributed by atoms with E-state index in [-0.39, 0.29) is 33.2 Å². The summed E-state index contributed by atoms with van der Waals surface area (Å²) in [6, 6.07) is 0. The summed E-state index contributed by atoms with van der Waals surface area (Å²) in [5, 5.41) is 2.27. The molecular formula is C20H25BI2NO6. The molecule has 163 valence electrons. The van der Waals surface area contributed by atoms with Crippen LogP contribution in [0.15, 0.2) is 0 Å². The van der Waals surface area contributed by atoms with Crippen molar-refractivity contribution in [1.29, 1.82) is 0 Å². The fourth-order valence-electron chi connectivity index (χ4n) is 6.20. The van der Waals surface area contributed by atoms with Crippen molar-refractivity contribution in [3.63, 3.8) is 0 Å². The molecule has 3 heterocycles. The van der Waals surface area contributed by atoms with Gasteiger partial charge in [0.15, 0.2) is 0 Å². The van der Waals surface area contributed by atoms with Crippen molar-refractivity contribution < 1.29 is 28.6 Å². The topological polar surface area (TPSA) is 101 Å². The van der Waals surface area contributed by atoms with E-state index in [1.54, 1.807) is 0 Å². The Labute approximate surface area is 197 Å². The standard InChI is InChI=1S/C20H25BI2NO6/c1-18(6-4-3-5-7-18)30-16(26)12-10-8-9-11(12)15(25)28-13(9)14(10)29-17(27)19(2,22)20-21-23(20)24-20/h9-14,24H,3-8H2,1-2H3. The van der Waals surface area contributed by atoms with Crippen molar-refractivity contribution in [1.82, 2.24) is 3.53 Å². The summed E-state index contributed by atoms with van der Waals surface area (Å²) in [7, 11) is 0. The van der Waals surface area contributed by atoms with E-state index in [4.69, 9.17) is 14.2 Å². The van der Waals surface area contributed by atoms with Crippen LogP contribution in [0.5, 0.6) is 0 Å². The average Bonchev–Trinajstić information content (AvgIpc) is 3.44. The molecule has 0 aromatic rings. The summed E-state index contributed by atoms with van der Waals surface area (Å²) in [4.78, 5) is 39.0. The molecule has 30 heavy (non-hydrogen) atoms. The molecule has 0 aromatic carbocycles. The average molecular weight is 640 g/mol. The van der Waals surface area contributed by atoms with Gasteiger partial charge in [0.05, 0.1) is 0 Å². The third kappa shape index (κ3) is 2.73. The van der Waals surface area contributed by atoms with E-state index in [1.165, 1.54) is 6.42 Å². The number of carbonyl (C=O) groups excluding carboxylic acids is 3. The normalized spacial score (nSPS) is 46.9. The quantitative estimate of drug-likeness (QED) is 0.0721. The van der Waals surface area contributed by atoms with E-state index in [2.05, 4.69) is 31.3 Å². The summed E-state index contributed by atoms with van der Waals surface area (Å²) >= 11 is 0.996. The van der Waals surface area contributed by atoms with Gasteiger partial charge in [-0.05, 0) is 0 Å². The molecule has 0 amide bonds. The summed E-state index contributed by atoms with van der Waals surface area (Å²) in [6.07, 6.45) is 4.72. The predicted octanol–water partition coefficient (Wildman–Crippen LogP) is 2.48. The first-order valence-corrected chi connectivity index (χ1v) is 15.3. The molecule has 6 aliphatic rings. The van der Waals surface area contributed by atoms with Crippen LogP contribution < -0.4 is 3.53 Å². The van der Waals surface area contributed by atoms with Gasteiger partial charge in [0.25, 0.3) is 0 Å². The first-order chi connectivity index (χ1) is 14.2. The van der Waals surface area contributed by atoms with Crippen molar-refractivity contribution in [2.24, 2.45) is 23.7 Å². The van der Waals surface area contributed by atoms with Crippen LogP contribution in [0.1, 0.15) is 52.4 Å². The van der Waals surface area contributed by atoms with E-state index in [0.29, 0.717) is 6.42 Å². The van der Waals surface area contributed by atoms with Gasteiger partial charge < -0.3 is 0 Å². The monoisotopic (exact) mass is 640 g/mol. The van der Waals surface area contributed by atoms with E-state index in [1.807, 2.05) is 13.8 Å². The number of rotatable bonds is 5. The van der Waals surface area contributed by atoms with Crippen LogP contribution in [-0.2, 0) is 28.6 Å². The van der Waals surface area contributed by atoms with E-state index in [0.717, 1.165) is 25.7 Å². The molecule has 8 unspecified atom stereocenters. The number of fused-ring (bicyclic) bond motifs is 2. The number of nitrogens with one attached hydrogen (secondary N) is 1. The number of carbonyl (C=O) groups is 3. The zero-order chi connectivity index (χ0) is 21.1. The Balaban J connectivity index is 1.21. The summed E-state index contributed by atoms with van der Waals surface area (Å²) in [5.41, 5.74) is -0.453. The van der Waals surface area contributed by atoms with Gasteiger partial charge in [-0.3, -0.25) is 0 Å². The zero-order valence-corrected chi connectivity index (χ0v) is 21.3. The van der Waals surface area contributed by atoms with Crippen LogP contribution in [0, 0.1) is 23.7 Å². The molecule has 3 saturated heterocycles. The number of hydrogen-bond acceptors (Lipinski definition) is 7. The van der Waals surface area contributed by atoms with Crippen LogP contribution in [0.2, 0.25) is 0 Å². The van der Waals surface area contributed by atoms with Gasteiger partial charge in [0.1, 0.15) is 0 Å². The van der Waals surface area contributed by atoms with Gasteiger partial charge in [-0.1, -0.05) is 6.42 Å². The molecular weight excluding hydrogens is 615 g/mol. The van der Waals surface area contributed by atoms with Crippen LogP contribution >= 0.6 is 42.5 Å². The van der Waals surface area contributed by atoms with Gasteiger partial charge in [0.2, 0.25) is 0 Å². The Morgan fingerprint density at radius 2 is 1.97 bits per heavy atom. The zero-order valence-electron chi connectivity index (χ0n) is 17.0. The minimum absolute atomic E-state index is 0.0505. The second kappa shape index (κ2) is 6.48. The first-order valence-electron chi connectivity index (χ1n) is 10.8. The molecule has 3 aliphatic carbocycles. The third-order valence-electron chi connectivity index (χ3n) is 8.12. The number of alkyl halides is 2. The first kappa shape index (κ1) is 20.5. The Morgan fingerprint density at radius 3 is 2.60 bits per heavy atom. The summed E-state index contributed by atoms with van der Waals surface area (Å²) < 4.78 is 20.3. The van der Waals surface area contributed by atoms with Gasteiger partial charge in [-0.2, -0.15) is 0 Å². The molecule has 6 rings (SSSR count). The van der Waals surface area contributed by atoms with Crippen molar-refractivity contribution in [2.75, 3.05) is 0 Å². The summed E-state index contributed by atoms with van der Waals surface area (Å²) in [5.74, 6) is -2.16. The molecule has 3 saturated carbocycles. The van der Waals surface area contributed by atoms with Crippen molar-refractivity contribution in [2.45, 2.75) is 77.0 Å². The molecule has 0 spiro atoms. The van der Waals surface area contributed by atoms with Crippen molar-refractivity contribution in [3.05, 3.63) is 0 Å². The Kier molecular flexibility index (Phi) is 4.43. The number of hydrogen-bond donors (Lipinski definition) is 1. The van der Waals surface area contributed by atoms with Gasteiger partial charge in [-0.15, -0.1) is 0 Å². The van der Waals surface area contributed by atoms with Crippen LogP contribution in [-0.4, -0.2) is 47.7 Å². The summed E-state index contributed by atoms with van der Waals surface area (Å²) in [6.45, 7) is 3.91. The van der Waals surface area contributed by atoms with E-state index < -0.39 is 52.9 Å². The second-order valence-electron chi connectivity index (χ2n) is 10.0. The molecule has 10 heteroatoms. The minimum atomic E-state index is -1.20. The molecule has 3 aliphatic heterocycles. The second-order valence-corrected chi connectivity index (χ2v) is 16.9. The van der Waals surface area contributed by atoms with Crippen LogP contribution in [0.4, 0.5) is 0 Å². The molecule has 0 aromatic heterocycles. The molecule has 1 N–H and O–H groups in total. The fraction of sp³-hybridized carbons (Fsp3) is 0.850. The van der Waals surface area contributed by atoms with Gasteiger partial charge >= 0.3 is 192 Å². The van der Waals surface area contributed by atoms with Crippen molar-refractivity contribution >= 4 is 65.5 Å². The van der Waals surface area contributed by atoms with Crippen molar-refractivity contribution in [3.8, 4) is 0 Å². The fourth-order valence-corrected chi connectivity index (χ4v) is 14.7. The third-order valence-corrected chi connectivity index (χ3v) is 15.7.